The van der Waals surface area contributed by atoms with Crippen molar-refractivity contribution in [2.75, 3.05) is 6.54 Å². The van der Waals surface area contributed by atoms with Gasteiger partial charge in [0.1, 0.15) is 29.7 Å². The van der Waals surface area contributed by atoms with Crippen LogP contribution in [0, 0.1) is 5.82 Å². The minimum absolute atomic E-state index is 0.122. The monoisotopic (exact) mass is 568 g/mol. The first-order valence-corrected chi connectivity index (χ1v) is 11.2. The number of halogens is 9. The lowest BCUT2D eigenvalue weighted by atomic mass is 9.74. The smallest absolute Gasteiger partial charge is 0.461 e. The van der Waals surface area contributed by atoms with Gasteiger partial charge in [0.05, 0.1) is 5.54 Å². The number of allylic oxidation sites excluding steroid dienone is 3. The zero-order valence-electron chi connectivity index (χ0n) is 19.8. The fourth-order valence-electron chi connectivity index (χ4n) is 3.97. The van der Waals surface area contributed by atoms with Gasteiger partial charge in [-0.2, -0.15) is 30.7 Å². The highest BCUT2D eigenvalue weighted by atomic mass is 19.4. The van der Waals surface area contributed by atoms with E-state index in [1.54, 1.807) is 5.32 Å². The Bertz CT molecular complexity index is 1240. The summed E-state index contributed by atoms with van der Waals surface area (Å²) in [5.41, 5.74) is -1.97. The van der Waals surface area contributed by atoms with Gasteiger partial charge in [-0.15, -0.1) is 0 Å². The van der Waals surface area contributed by atoms with Crippen molar-refractivity contribution < 1.29 is 54.2 Å². The number of ether oxygens (including phenoxy) is 1. The van der Waals surface area contributed by atoms with Crippen LogP contribution in [-0.2, 0) is 12.0 Å². The van der Waals surface area contributed by atoms with E-state index in [-0.39, 0.29) is 36.1 Å². The van der Waals surface area contributed by atoms with Gasteiger partial charge in [-0.05, 0) is 53.5 Å². The molecule has 0 saturated heterocycles. The number of rotatable bonds is 9. The first-order valence-electron chi connectivity index (χ1n) is 11.2. The van der Waals surface area contributed by atoms with E-state index in [0.717, 1.165) is 18.2 Å². The van der Waals surface area contributed by atoms with Crippen molar-refractivity contribution >= 4 is 6.03 Å². The molecule has 0 saturated carbocycles. The average Bonchev–Trinajstić information content (AvgIpc) is 2.83. The van der Waals surface area contributed by atoms with E-state index in [1.807, 2.05) is 0 Å². The van der Waals surface area contributed by atoms with Crippen molar-refractivity contribution in [3.8, 4) is 11.5 Å². The van der Waals surface area contributed by atoms with E-state index in [1.165, 1.54) is 30.3 Å². The number of phenols is 1. The average molecular weight is 568 g/mol. The molecule has 0 aromatic heterocycles. The van der Waals surface area contributed by atoms with E-state index in [0.29, 0.717) is 11.6 Å². The number of hydrogen-bond donors (Lipinski definition) is 3. The third-order valence-electron chi connectivity index (χ3n) is 5.70. The fraction of sp³-hybridized carbons (Fsp3) is 0.320. The molecule has 1 aliphatic carbocycles. The highest BCUT2D eigenvalue weighted by molar-refractivity contribution is 5.76. The Morgan fingerprint density at radius 3 is 2.21 bits per heavy atom. The Kier molecular flexibility index (Phi) is 8.76. The number of amides is 2. The third kappa shape index (κ3) is 7.83. The summed E-state index contributed by atoms with van der Waals surface area (Å²) < 4.78 is 124. The van der Waals surface area contributed by atoms with Crippen LogP contribution < -0.4 is 15.4 Å². The van der Waals surface area contributed by atoms with Crippen LogP contribution in [0.4, 0.5) is 44.3 Å². The Labute approximate surface area is 216 Å². The molecular formula is C25H21F9N2O3. The molecular weight excluding hydrogens is 547 g/mol. The molecule has 0 aliphatic heterocycles. The summed E-state index contributed by atoms with van der Waals surface area (Å²) in [6.07, 6.45) is -12.7. The zero-order chi connectivity index (χ0) is 29.0. The molecule has 1 aliphatic rings. The summed E-state index contributed by atoms with van der Waals surface area (Å²) in [6.45, 7) is -1.76. The molecule has 0 fully saturated rings. The molecule has 39 heavy (non-hydrogen) atoms. The maximum absolute atomic E-state index is 14.7. The predicted octanol–water partition coefficient (Wildman–Crippen LogP) is 6.64. The van der Waals surface area contributed by atoms with E-state index < -0.39 is 54.2 Å². The third-order valence-corrected chi connectivity index (χ3v) is 5.70. The van der Waals surface area contributed by atoms with Crippen LogP contribution in [0.15, 0.2) is 66.0 Å². The van der Waals surface area contributed by atoms with Crippen molar-refractivity contribution in [1.29, 1.82) is 0 Å². The first kappa shape index (κ1) is 29.7. The maximum atomic E-state index is 14.7. The number of carbonyl (C=O) groups excluding carboxylic acids is 1. The molecule has 212 valence electrons. The Morgan fingerprint density at radius 2 is 1.64 bits per heavy atom. The molecule has 5 nitrogen and oxygen atoms in total. The molecule has 0 radical (unpaired) electrons. The fourth-order valence-corrected chi connectivity index (χ4v) is 3.97. The quantitative estimate of drug-likeness (QED) is 0.297. The van der Waals surface area contributed by atoms with Crippen LogP contribution in [0.2, 0.25) is 0 Å². The largest absolute Gasteiger partial charge is 0.508 e. The van der Waals surface area contributed by atoms with Crippen LogP contribution in [0.5, 0.6) is 11.5 Å². The van der Waals surface area contributed by atoms with Gasteiger partial charge in [0.2, 0.25) is 0 Å². The number of aromatic hydroxyl groups is 1. The second-order valence-electron chi connectivity index (χ2n) is 8.62. The topological polar surface area (TPSA) is 70.6 Å². The molecule has 2 aromatic carbocycles. The van der Waals surface area contributed by atoms with Crippen molar-refractivity contribution in [3.63, 3.8) is 0 Å². The minimum Gasteiger partial charge on any atom is -0.508 e. The molecule has 0 spiro atoms. The van der Waals surface area contributed by atoms with Crippen molar-refractivity contribution in [3.05, 3.63) is 83.0 Å². The standard InChI is InChI=1S/C25H21F9N2O3/c26-17-5-3-15(4-6-17)23(12-14-1-7-19(37)8-2-14,36-22(38)35-13-24(30,31)32)16-9-18(27)11-20(10-16)39-25(33,34)21(28)29/h1-3,5,7-11,21,37H,4,6,12-13H2,(H2,35,36,38)/t23-/m1/s1. The van der Waals surface area contributed by atoms with Crippen LogP contribution in [0.3, 0.4) is 0 Å². The lowest BCUT2D eigenvalue weighted by molar-refractivity contribution is -0.253. The lowest BCUT2D eigenvalue weighted by Crippen LogP contribution is -2.54. The highest BCUT2D eigenvalue weighted by Crippen LogP contribution is 2.41. The Hall–Kier alpha value is -3.84. The molecule has 3 N–H and O–H groups in total. The number of urea groups is 1. The second-order valence-corrected chi connectivity index (χ2v) is 8.62. The van der Waals surface area contributed by atoms with Gasteiger partial charge in [0, 0.05) is 18.9 Å². The molecule has 0 bridgehead atoms. The van der Waals surface area contributed by atoms with E-state index in [2.05, 4.69) is 10.1 Å². The number of nitrogens with one attached hydrogen (secondary N) is 2. The number of carbonyl (C=O) groups is 1. The number of hydrogen-bond acceptors (Lipinski definition) is 3. The van der Waals surface area contributed by atoms with Crippen LogP contribution in [-0.4, -0.2) is 36.4 Å². The lowest BCUT2D eigenvalue weighted by Gasteiger charge is -2.39. The predicted molar refractivity (Wildman–Crippen MR) is 121 cm³/mol. The summed E-state index contributed by atoms with van der Waals surface area (Å²) >= 11 is 0. The summed E-state index contributed by atoms with van der Waals surface area (Å²) in [5.74, 6) is -3.09. The Morgan fingerprint density at radius 1 is 0.974 bits per heavy atom. The molecule has 2 amide bonds. The maximum Gasteiger partial charge on any atom is 0.461 e. The second kappa shape index (κ2) is 11.5. The van der Waals surface area contributed by atoms with Crippen molar-refractivity contribution in [2.24, 2.45) is 0 Å². The van der Waals surface area contributed by atoms with Gasteiger partial charge >= 0.3 is 24.7 Å². The van der Waals surface area contributed by atoms with E-state index in [9.17, 15) is 49.4 Å². The number of alkyl halides is 7. The SMILES string of the molecule is O=C(NCC(F)(F)F)N[C@](Cc1ccc(O)cc1)(C1=CC=C(F)CC1)c1cc(F)cc(OC(F)(F)C(F)F)c1. The van der Waals surface area contributed by atoms with Gasteiger partial charge in [-0.25, -0.2) is 13.6 Å². The molecule has 0 unspecified atom stereocenters. The summed E-state index contributed by atoms with van der Waals surface area (Å²) in [6, 6.07) is 5.63. The summed E-state index contributed by atoms with van der Waals surface area (Å²) in [4.78, 5) is 12.7. The van der Waals surface area contributed by atoms with Gasteiger partial charge < -0.3 is 20.5 Å². The van der Waals surface area contributed by atoms with E-state index in [4.69, 9.17) is 0 Å². The molecule has 14 heteroatoms. The first-order chi connectivity index (χ1) is 18.1. The number of phenolic OH excluding ortho intramolecular Hbond substituents is 1. The summed E-state index contributed by atoms with van der Waals surface area (Å²) in [7, 11) is 0. The van der Waals surface area contributed by atoms with Crippen LogP contribution >= 0.6 is 0 Å². The highest BCUT2D eigenvalue weighted by Gasteiger charge is 2.45. The van der Waals surface area contributed by atoms with Gasteiger partial charge in [-0.1, -0.05) is 18.2 Å². The van der Waals surface area contributed by atoms with Crippen LogP contribution in [0.1, 0.15) is 24.0 Å². The zero-order valence-corrected chi connectivity index (χ0v) is 19.8. The van der Waals surface area contributed by atoms with Crippen molar-refractivity contribution in [1.82, 2.24) is 10.6 Å². The van der Waals surface area contributed by atoms with Gasteiger partial charge in [-0.3, -0.25) is 0 Å². The van der Waals surface area contributed by atoms with Crippen LogP contribution in [0.25, 0.3) is 0 Å². The molecule has 1 atom stereocenters. The number of benzene rings is 2. The normalized spacial score (nSPS) is 15.7. The molecule has 0 heterocycles. The summed E-state index contributed by atoms with van der Waals surface area (Å²) in [5, 5.41) is 13.5. The van der Waals surface area contributed by atoms with Gasteiger partial charge in [0.25, 0.3) is 0 Å². The molecule has 3 rings (SSSR count). The van der Waals surface area contributed by atoms with E-state index >= 15 is 0 Å². The van der Waals surface area contributed by atoms with Crippen molar-refractivity contribution in [2.45, 2.75) is 43.5 Å². The Balaban J connectivity index is 2.21. The van der Waals surface area contributed by atoms with Gasteiger partial charge in [0.15, 0.2) is 0 Å². The minimum atomic E-state index is -5.03. The molecule has 2 aromatic rings.